The number of pyridine rings is 1. The average molecular weight is 641 g/mol. The molecule has 1 amide bonds. The minimum atomic E-state index is -3.89. The number of hydrogen-bond acceptors (Lipinski definition) is 7. The minimum Gasteiger partial charge on any atom is -0.460 e. The van der Waals surface area contributed by atoms with Crippen molar-refractivity contribution in [3.05, 3.63) is 77.6 Å². The number of amides is 1. The van der Waals surface area contributed by atoms with E-state index >= 15 is 4.39 Å². The lowest BCUT2D eigenvalue weighted by atomic mass is 9.99. The Bertz CT molecular complexity index is 1850. The summed E-state index contributed by atoms with van der Waals surface area (Å²) in [7, 11) is -3.89. The molecule has 0 aliphatic rings. The molecule has 45 heavy (non-hydrogen) atoms. The Morgan fingerprint density at radius 2 is 1.71 bits per heavy atom. The van der Waals surface area contributed by atoms with Gasteiger partial charge in [-0.2, -0.15) is 0 Å². The van der Waals surface area contributed by atoms with E-state index in [-0.39, 0.29) is 42.5 Å². The first-order valence-corrected chi connectivity index (χ1v) is 15.9. The molecule has 0 unspecified atom stereocenters. The highest BCUT2D eigenvalue weighted by molar-refractivity contribution is 7.92. The molecule has 0 atom stereocenters. The third-order valence-corrected chi connectivity index (χ3v) is 8.02. The number of aromatic amines is 1. The number of sulfonamides is 1. The van der Waals surface area contributed by atoms with Gasteiger partial charge in [0.25, 0.3) is 0 Å². The maximum Gasteiger partial charge on any atom is 0.306 e. The molecule has 13 heteroatoms. The molecule has 4 rings (SSSR count). The van der Waals surface area contributed by atoms with Crippen LogP contribution in [0.2, 0.25) is 0 Å². The van der Waals surface area contributed by atoms with Crippen molar-refractivity contribution in [3.63, 3.8) is 0 Å². The molecule has 0 fully saturated rings. The Morgan fingerprint density at radius 1 is 1.00 bits per heavy atom. The fourth-order valence-corrected chi connectivity index (χ4v) is 5.70. The quantitative estimate of drug-likeness (QED) is 0.121. The van der Waals surface area contributed by atoms with Crippen LogP contribution in [0.5, 0.6) is 0 Å². The summed E-state index contributed by atoms with van der Waals surface area (Å²) in [6.07, 6.45) is 3.74. The molecule has 0 aliphatic heterocycles. The molecule has 2 aromatic heterocycles. The fraction of sp³-hybridized carbons (Fsp3) is 0.312. The molecule has 0 saturated heterocycles. The lowest BCUT2D eigenvalue weighted by Gasteiger charge is -2.19. The standard InChI is InChI=1S/C32H34F2N4O6S/c1-5-15-45(42,43)38-25-14-13-24(33)28(29(25)34)30(41)23-18-36-31-22(23)16-20(17-35-31)19-9-11-21(12-10-19)37-26(39)7-6-8-27(40)44-32(2,3)4/h9-14,16-18,38H,5-8,15H2,1-4H3,(H,35,36)(H,37,39). The first kappa shape index (κ1) is 33.2. The highest BCUT2D eigenvalue weighted by atomic mass is 32.2. The van der Waals surface area contributed by atoms with Crippen LogP contribution in [0.1, 0.15) is 69.3 Å². The van der Waals surface area contributed by atoms with Gasteiger partial charge in [0.15, 0.2) is 5.82 Å². The number of halogens is 2. The lowest BCUT2D eigenvalue weighted by molar-refractivity contribution is -0.154. The number of H-pyrrole nitrogens is 1. The van der Waals surface area contributed by atoms with E-state index in [2.05, 4.69) is 20.0 Å². The second-order valence-corrected chi connectivity index (χ2v) is 13.3. The summed E-state index contributed by atoms with van der Waals surface area (Å²) in [5.74, 6) is -4.34. The maximum absolute atomic E-state index is 15.3. The van der Waals surface area contributed by atoms with Crippen molar-refractivity contribution in [2.45, 2.75) is 59.0 Å². The molecule has 0 radical (unpaired) electrons. The van der Waals surface area contributed by atoms with Gasteiger partial charge in [-0.3, -0.25) is 19.1 Å². The van der Waals surface area contributed by atoms with Crippen molar-refractivity contribution in [1.29, 1.82) is 0 Å². The monoisotopic (exact) mass is 640 g/mol. The van der Waals surface area contributed by atoms with E-state index in [1.54, 1.807) is 64.2 Å². The lowest BCUT2D eigenvalue weighted by Crippen LogP contribution is -2.23. The number of carbonyl (C=O) groups excluding carboxylic acids is 3. The van der Waals surface area contributed by atoms with Crippen LogP contribution in [0.3, 0.4) is 0 Å². The van der Waals surface area contributed by atoms with E-state index in [9.17, 15) is 27.2 Å². The zero-order valence-electron chi connectivity index (χ0n) is 25.3. The molecule has 3 N–H and O–H groups in total. The smallest absolute Gasteiger partial charge is 0.306 e. The van der Waals surface area contributed by atoms with Gasteiger partial charge in [0, 0.05) is 47.4 Å². The number of rotatable bonds is 12. The van der Waals surface area contributed by atoms with Gasteiger partial charge >= 0.3 is 5.97 Å². The van der Waals surface area contributed by atoms with Crippen LogP contribution in [0.25, 0.3) is 22.2 Å². The van der Waals surface area contributed by atoms with E-state index in [1.807, 2.05) is 0 Å². The van der Waals surface area contributed by atoms with E-state index in [0.29, 0.717) is 34.3 Å². The Morgan fingerprint density at radius 3 is 2.38 bits per heavy atom. The predicted molar refractivity (Wildman–Crippen MR) is 167 cm³/mol. The zero-order chi connectivity index (χ0) is 32.9. The molecule has 2 aromatic carbocycles. The number of esters is 1. The van der Waals surface area contributed by atoms with Gasteiger partial charge in [-0.1, -0.05) is 19.1 Å². The summed E-state index contributed by atoms with van der Waals surface area (Å²) in [6.45, 7) is 6.97. The van der Waals surface area contributed by atoms with Crippen LogP contribution in [0.15, 0.2) is 54.9 Å². The second kappa shape index (κ2) is 13.6. The molecular weight excluding hydrogens is 606 g/mol. The van der Waals surface area contributed by atoms with Crippen molar-refractivity contribution >= 4 is 50.1 Å². The summed E-state index contributed by atoms with van der Waals surface area (Å²) in [4.78, 5) is 44.7. The van der Waals surface area contributed by atoms with Crippen molar-refractivity contribution in [2.75, 3.05) is 15.8 Å². The highest BCUT2D eigenvalue weighted by Crippen LogP contribution is 2.30. The largest absolute Gasteiger partial charge is 0.460 e. The van der Waals surface area contributed by atoms with Gasteiger partial charge in [-0.15, -0.1) is 0 Å². The SMILES string of the molecule is CCCS(=O)(=O)Nc1ccc(F)c(C(=O)c2c[nH]c3ncc(-c4ccc(NC(=O)CCCC(=O)OC(C)(C)C)cc4)cc23)c1F. The van der Waals surface area contributed by atoms with Crippen molar-refractivity contribution < 1.29 is 36.3 Å². The number of nitrogens with zero attached hydrogens (tertiary/aromatic N) is 1. The summed E-state index contributed by atoms with van der Waals surface area (Å²) >= 11 is 0. The first-order chi connectivity index (χ1) is 21.2. The maximum atomic E-state index is 15.3. The molecule has 0 saturated carbocycles. The summed E-state index contributed by atoms with van der Waals surface area (Å²) < 4.78 is 61.7. The van der Waals surface area contributed by atoms with Crippen molar-refractivity contribution in [1.82, 2.24) is 9.97 Å². The Hall–Kier alpha value is -4.65. The normalized spacial score (nSPS) is 11.8. The summed E-state index contributed by atoms with van der Waals surface area (Å²) in [6, 6.07) is 10.2. The van der Waals surface area contributed by atoms with Crippen LogP contribution in [-0.2, 0) is 24.3 Å². The number of ether oxygens (including phenoxy) is 1. The number of aromatic nitrogens is 2. The van der Waals surface area contributed by atoms with Crippen LogP contribution >= 0.6 is 0 Å². The molecule has 0 aliphatic carbocycles. The number of anilines is 2. The topological polar surface area (TPSA) is 147 Å². The molecule has 2 heterocycles. The third kappa shape index (κ3) is 8.50. The van der Waals surface area contributed by atoms with E-state index in [4.69, 9.17) is 4.74 Å². The van der Waals surface area contributed by atoms with Gasteiger partial charge in [0.05, 0.1) is 17.0 Å². The number of benzene rings is 2. The van der Waals surface area contributed by atoms with E-state index in [0.717, 1.165) is 12.1 Å². The minimum absolute atomic E-state index is 0.0546. The Kier molecular flexibility index (Phi) is 10.0. The Balaban J connectivity index is 1.50. The highest BCUT2D eigenvalue weighted by Gasteiger charge is 2.26. The van der Waals surface area contributed by atoms with Crippen molar-refractivity contribution in [2.24, 2.45) is 0 Å². The number of ketones is 1. The number of hydrogen-bond donors (Lipinski definition) is 3. The molecule has 0 bridgehead atoms. The molecule has 238 valence electrons. The Labute approximate surface area is 259 Å². The number of carbonyl (C=O) groups is 3. The third-order valence-electron chi connectivity index (χ3n) is 6.54. The van der Waals surface area contributed by atoms with Gasteiger partial charge in [-0.25, -0.2) is 22.2 Å². The average Bonchev–Trinajstić information content (AvgIpc) is 3.37. The van der Waals surface area contributed by atoms with Crippen LogP contribution < -0.4 is 10.0 Å². The second-order valence-electron chi connectivity index (χ2n) is 11.4. The van der Waals surface area contributed by atoms with Crippen LogP contribution in [-0.4, -0.2) is 47.4 Å². The van der Waals surface area contributed by atoms with Crippen LogP contribution in [0, 0.1) is 11.6 Å². The first-order valence-electron chi connectivity index (χ1n) is 14.3. The fourth-order valence-electron chi connectivity index (χ4n) is 4.57. The molecule has 4 aromatic rings. The zero-order valence-corrected chi connectivity index (χ0v) is 26.1. The van der Waals surface area contributed by atoms with E-state index < -0.39 is 44.3 Å². The van der Waals surface area contributed by atoms with Crippen molar-refractivity contribution in [3.8, 4) is 11.1 Å². The van der Waals surface area contributed by atoms with Gasteiger partial charge in [0.2, 0.25) is 21.7 Å². The van der Waals surface area contributed by atoms with Gasteiger partial charge < -0.3 is 15.0 Å². The number of nitrogens with one attached hydrogen (secondary N) is 3. The molecule has 10 nitrogen and oxygen atoms in total. The van der Waals surface area contributed by atoms with Gasteiger partial charge in [0.1, 0.15) is 17.1 Å². The van der Waals surface area contributed by atoms with E-state index in [1.165, 1.54) is 6.20 Å². The molecular formula is C32H34F2N4O6S. The summed E-state index contributed by atoms with van der Waals surface area (Å²) in [5, 5.41) is 3.08. The van der Waals surface area contributed by atoms with Crippen LogP contribution in [0.4, 0.5) is 20.2 Å². The van der Waals surface area contributed by atoms with Gasteiger partial charge in [-0.05, 0) is 69.5 Å². The molecule has 0 spiro atoms. The number of fused-ring (bicyclic) bond motifs is 1. The summed E-state index contributed by atoms with van der Waals surface area (Å²) in [5.41, 5.74) is 0.0582. The predicted octanol–water partition coefficient (Wildman–Crippen LogP) is 6.34.